The number of aromatic nitrogens is 1. The molecule has 2 aromatic carbocycles. The molecule has 0 saturated carbocycles. The second-order valence-electron chi connectivity index (χ2n) is 7.46. The van der Waals surface area contributed by atoms with E-state index >= 15 is 0 Å². The van der Waals surface area contributed by atoms with E-state index in [4.69, 9.17) is 0 Å². The number of nitrogens with one attached hydrogen (secondary N) is 1. The van der Waals surface area contributed by atoms with Crippen LogP contribution in [0.4, 0.5) is 0 Å². The Morgan fingerprint density at radius 3 is 2.13 bits per heavy atom. The molecule has 2 heterocycles. The highest BCUT2D eigenvalue weighted by Crippen LogP contribution is 2.11. The summed E-state index contributed by atoms with van der Waals surface area (Å²) in [5.74, 6) is -0.267. The van der Waals surface area contributed by atoms with Crippen LogP contribution in [0.3, 0.4) is 0 Å². The molecule has 0 aliphatic carbocycles. The van der Waals surface area contributed by atoms with Gasteiger partial charge in [0.05, 0.1) is 6.54 Å². The fourth-order valence-electron chi connectivity index (χ4n) is 3.66. The van der Waals surface area contributed by atoms with Gasteiger partial charge in [-0.3, -0.25) is 14.5 Å². The Morgan fingerprint density at radius 1 is 0.800 bits per heavy atom. The number of carbonyl (C=O) groups is 2. The van der Waals surface area contributed by atoms with Crippen molar-refractivity contribution in [2.24, 2.45) is 0 Å². The molecule has 30 heavy (non-hydrogen) atoms. The fourth-order valence-corrected chi connectivity index (χ4v) is 3.66. The van der Waals surface area contributed by atoms with Crippen molar-refractivity contribution in [1.82, 2.24) is 19.7 Å². The largest absolute Gasteiger partial charge is 0.343 e. The summed E-state index contributed by atoms with van der Waals surface area (Å²) in [6.07, 6.45) is 3.90. The molecule has 0 bridgehead atoms. The quantitative estimate of drug-likeness (QED) is 0.689. The summed E-state index contributed by atoms with van der Waals surface area (Å²) in [6.45, 7) is 3.99. The van der Waals surface area contributed by atoms with Crippen molar-refractivity contribution in [2.45, 2.75) is 6.54 Å². The molecule has 3 aromatic rings. The Balaban J connectivity index is 1.22. The van der Waals surface area contributed by atoms with Crippen LogP contribution in [0.15, 0.2) is 79.1 Å². The maximum atomic E-state index is 12.5. The predicted molar refractivity (Wildman–Crippen MR) is 116 cm³/mol. The molecular weight excluding hydrogens is 376 g/mol. The van der Waals surface area contributed by atoms with Gasteiger partial charge < -0.3 is 14.8 Å². The molecule has 6 heteroatoms. The first-order chi connectivity index (χ1) is 14.7. The molecule has 0 unspecified atom stereocenters. The standard InChI is InChI=1S/C24H26N4O2/c29-23(28-16-14-26(15-17-28)19-20-6-2-1-3-7-20)18-25-24(30)21-8-10-22(11-9-21)27-12-4-5-13-27/h1-13H,14-19H2,(H,25,30). The third-order valence-electron chi connectivity index (χ3n) is 5.41. The summed E-state index contributed by atoms with van der Waals surface area (Å²) < 4.78 is 1.97. The van der Waals surface area contributed by atoms with Gasteiger partial charge in [0.2, 0.25) is 5.91 Å². The number of benzene rings is 2. The minimum absolute atomic E-state index is 0.0247. The topological polar surface area (TPSA) is 57.6 Å². The van der Waals surface area contributed by atoms with E-state index in [2.05, 4.69) is 22.3 Å². The molecule has 0 radical (unpaired) electrons. The Morgan fingerprint density at radius 2 is 1.47 bits per heavy atom. The van der Waals surface area contributed by atoms with Crippen LogP contribution >= 0.6 is 0 Å². The van der Waals surface area contributed by atoms with Gasteiger partial charge in [-0.25, -0.2) is 0 Å². The molecule has 6 nitrogen and oxygen atoms in total. The molecule has 1 fully saturated rings. The molecule has 2 amide bonds. The van der Waals surface area contributed by atoms with Gasteiger partial charge in [-0.2, -0.15) is 0 Å². The lowest BCUT2D eigenvalue weighted by atomic mass is 10.2. The van der Waals surface area contributed by atoms with E-state index in [-0.39, 0.29) is 18.4 Å². The minimum atomic E-state index is -0.231. The molecule has 1 saturated heterocycles. The van der Waals surface area contributed by atoms with Crippen LogP contribution in [0.1, 0.15) is 15.9 Å². The van der Waals surface area contributed by atoms with Crippen LogP contribution < -0.4 is 5.32 Å². The van der Waals surface area contributed by atoms with Crippen LogP contribution in [-0.2, 0) is 11.3 Å². The Hall–Kier alpha value is -3.38. The Bertz CT molecular complexity index is 960. The van der Waals surface area contributed by atoms with Crippen molar-refractivity contribution in [3.05, 3.63) is 90.3 Å². The van der Waals surface area contributed by atoms with Crippen molar-refractivity contribution in [1.29, 1.82) is 0 Å². The van der Waals surface area contributed by atoms with E-state index in [1.165, 1.54) is 5.56 Å². The van der Waals surface area contributed by atoms with E-state index in [1.54, 1.807) is 12.1 Å². The SMILES string of the molecule is O=C(NCC(=O)N1CCN(Cc2ccccc2)CC1)c1ccc(-n2cccc2)cc1. The van der Waals surface area contributed by atoms with Crippen LogP contribution in [-0.4, -0.2) is 58.9 Å². The van der Waals surface area contributed by atoms with Gasteiger partial charge in [-0.05, 0) is 42.0 Å². The summed E-state index contributed by atoms with van der Waals surface area (Å²) in [7, 11) is 0. The van der Waals surface area contributed by atoms with Gasteiger partial charge in [0.25, 0.3) is 5.91 Å². The maximum absolute atomic E-state index is 12.5. The van der Waals surface area contributed by atoms with Gasteiger partial charge in [0, 0.05) is 56.4 Å². The van der Waals surface area contributed by atoms with Crippen molar-refractivity contribution < 1.29 is 9.59 Å². The van der Waals surface area contributed by atoms with Crippen molar-refractivity contribution in [2.75, 3.05) is 32.7 Å². The fraction of sp³-hybridized carbons (Fsp3) is 0.250. The zero-order valence-electron chi connectivity index (χ0n) is 16.9. The van der Waals surface area contributed by atoms with Gasteiger partial charge in [0.15, 0.2) is 0 Å². The molecule has 154 valence electrons. The number of amides is 2. The number of piperazine rings is 1. The Labute approximate surface area is 176 Å². The second kappa shape index (κ2) is 9.41. The van der Waals surface area contributed by atoms with E-state index in [1.807, 2.05) is 64.3 Å². The van der Waals surface area contributed by atoms with Gasteiger partial charge in [-0.1, -0.05) is 30.3 Å². The van der Waals surface area contributed by atoms with Crippen molar-refractivity contribution in [3.63, 3.8) is 0 Å². The molecular formula is C24H26N4O2. The molecule has 1 N–H and O–H groups in total. The third-order valence-corrected chi connectivity index (χ3v) is 5.41. The van der Waals surface area contributed by atoms with E-state index in [0.29, 0.717) is 18.7 Å². The molecule has 0 spiro atoms. The van der Waals surface area contributed by atoms with Crippen LogP contribution in [0.5, 0.6) is 0 Å². The van der Waals surface area contributed by atoms with E-state index in [0.717, 1.165) is 25.3 Å². The molecule has 0 atom stereocenters. The van der Waals surface area contributed by atoms with Gasteiger partial charge >= 0.3 is 0 Å². The number of nitrogens with zero attached hydrogens (tertiary/aromatic N) is 3. The number of carbonyl (C=O) groups excluding carboxylic acids is 2. The molecule has 4 rings (SSSR count). The highest BCUT2D eigenvalue weighted by Gasteiger charge is 2.21. The second-order valence-corrected chi connectivity index (χ2v) is 7.46. The zero-order valence-corrected chi connectivity index (χ0v) is 16.9. The van der Waals surface area contributed by atoms with E-state index < -0.39 is 0 Å². The lowest BCUT2D eigenvalue weighted by Crippen LogP contribution is -2.50. The summed E-state index contributed by atoms with van der Waals surface area (Å²) >= 11 is 0. The van der Waals surface area contributed by atoms with Crippen molar-refractivity contribution >= 4 is 11.8 Å². The van der Waals surface area contributed by atoms with Crippen molar-refractivity contribution in [3.8, 4) is 5.69 Å². The summed E-state index contributed by atoms with van der Waals surface area (Å²) in [5.41, 5.74) is 2.82. The van der Waals surface area contributed by atoms with Crippen LogP contribution in [0.2, 0.25) is 0 Å². The normalized spacial score (nSPS) is 14.5. The summed E-state index contributed by atoms with van der Waals surface area (Å²) in [5, 5.41) is 2.75. The highest BCUT2D eigenvalue weighted by atomic mass is 16.2. The smallest absolute Gasteiger partial charge is 0.251 e. The lowest BCUT2D eigenvalue weighted by molar-refractivity contribution is -0.131. The summed E-state index contributed by atoms with van der Waals surface area (Å²) in [6, 6.07) is 21.6. The predicted octanol–water partition coefficient (Wildman–Crippen LogP) is 2.55. The third kappa shape index (κ3) is 4.96. The summed E-state index contributed by atoms with van der Waals surface area (Å²) in [4.78, 5) is 29.1. The van der Waals surface area contributed by atoms with Crippen LogP contribution in [0.25, 0.3) is 5.69 Å². The number of hydrogen-bond acceptors (Lipinski definition) is 3. The zero-order chi connectivity index (χ0) is 20.8. The highest BCUT2D eigenvalue weighted by molar-refractivity contribution is 5.96. The van der Waals surface area contributed by atoms with E-state index in [9.17, 15) is 9.59 Å². The molecule has 1 aromatic heterocycles. The molecule has 1 aliphatic rings. The minimum Gasteiger partial charge on any atom is -0.343 e. The lowest BCUT2D eigenvalue weighted by Gasteiger charge is -2.34. The first kappa shape index (κ1) is 19.9. The average Bonchev–Trinajstić information content (AvgIpc) is 3.34. The van der Waals surface area contributed by atoms with Gasteiger partial charge in [0.1, 0.15) is 0 Å². The molecule has 1 aliphatic heterocycles. The Kier molecular flexibility index (Phi) is 6.25. The number of hydrogen-bond donors (Lipinski definition) is 1. The number of rotatable bonds is 6. The van der Waals surface area contributed by atoms with Gasteiger partial charge in [-0.15, -0.1) is 0 Å². The van der Waals surface area contributed by atoms with Crippen LogP contribution in [0, 0.1) is 0 Å². The first-order valence-corrected chi connectivity index (χ1v) is 10.2. The first-order valence-electron chi connectivity index (χ1n) is 10.2. The monoisotopic (exact) mass is 402 g/mol. The maximum Gasteiger partial charge on any atom is 0.251 e. The average molecular weight is 402 g/mol.